The predicted molar refractivity (Wildman–Crippen MR) is 118 cm³/mol. The van der Waals surface area contributed by atoms with Gasteiger partial charge >= 0.3 is 24.0 Å². The largest absolute Gasteiger partial charge is 0.422 e. The lowest BCUT2D eigenvalue weighted by atomic mass is 10.1. The summed E-state index contributed by atoms with van der Waals surface area (Å²) in [6.45, 7) is 1.84. The zero-order chi connectivity index (χ0) is 24.7. The first-order valence-electron chi connectivity index (χ1n) is 9.83. The van der Waals surface area contributed by atoms with Crippen molar-refractivity contribution in [3.05, 3.63) is 95.1 Å². The molecule has 0 heterocycles. The van der Waals surface area contributed by atoms with Crippen LogP contribution in [-0.2, 0) is 15.8 Å². The third-order valence-corrected chi connectivity index (χ3v) is 4.42. The Morgan fingerprint density at radius 1 is 0.912 bits per heavy atom. The first-order chi connectivity index (χ1) is 16.1. The number of carbonyl (C=O) groups is 3. The van der Waals surface area contributed by atoms with Crippen molar-refractivity contribution in [1.82, 2.24) is 5.43 Å². The molecule has 0 bridgehead atoms. The van der Waals surface area contributed by atoms with Crippen LogP contribution in [0.25, 0.3) is 0 Å². The Hall–Kier alpha value is -4.47. The van der Waals surface area contributed by atoms with Crippen molar-refractivity contribution in [3.63, 3.8) is 0 Å². The van der Waals surface area contributed by atoms with Gasteiger partial charge < -0.3 is 10.1 Å². The quantitative estimate of drug-likeness (QED) is 0.191. The van der Waals surface area contributed by atoms with Gasteiger partial charge in [0.1, 0.15) is 5.75 Å². The molecule has 174 valence electrons. The number of nitrogens with zero attached hydrogens (tertiary/aromatic N) is 1. The Morgan fingerprint density at radius 3 is 2.29 bits per heavy atom. The van der Waals surface area contributed by atoms with Crippen molar-refractivity contribution >= 4 is 29.7 Å². The van der Waals surface area contributed by atoms with Gasteiger partial charge in [-0.25, -0.2) is 10.2 Å². The molecule has 34 heavy (non-hydrogen) atoms. The Bertz CT molecular complexity index is 1240. The highest BCUT2D eigenvalue weighted by atomic mass is 19.4. The summed E-state index contributed by atoms with van der Waals surface area (Å²) < 4.78 is 43.2. The fourth-order valence-corrected chi connectivity index (χ4v) is 2.75. The molecular weight excluding hydrogens is 451 g/mol. The molecule has 2 N–H and O–H groups in total. The van der Waals surface area contributed by atoms with E-state index in [4.69, 9.17) is 4.74 Å². The van der Waals surface area contributed by atoms with Crippen molar-refractivity contribution in [2.45, 2.75) is 13.1 Å². The fraction of sp³-hybridized carbons (Fsp3) is 0.0833. The third-order valence-electron chi connectivity index (χ3n) is 4.42. The summed E-state index contributed by atoms with van der Waals surface area (Å²) in [7, 11) is 0. The number of halogens is 3. The number of alkyl halides is 3. The topological polar surface area (TPSA) is 96.9 Å². The van der Waals surface area contributed by atoms with Crippen molar-refractivity contribution in [2.24, 2.45) is 5.10 Å². The average Bonchev–Trinajstić information content (AvgIpc) is 2.79. The van der Waals surface area contributed by atoms with E-state index in [0.717, 1.165) is 29.8 Å². The molecule has 0 aliphatic heterocycles. The highest BCUT2D eigenvalue weighted by molar-refractivity contribution is 6.39. The molecular formula is C24H18F3N3O4. The maximum atomic E-state index is 12.6. The highest BCUT2D eigenvalue weighted by Crippen LogP contribution is 2.29. The van der Waals surface area contributed by atoms with E-state index in [9.17, 15) is 27.6 Å². The van der Waals surface area contributed by atoms with Gasteiger partial charge in [0.05, 0.1) is 17.3 Å². The molecule has 3 aromatic carbocycles. The van der Waals surface area contributed by atoms with Crippen LogP contribution in [-0.4, -0.2) is 24.0 Å². The van der Waals surface area contributed by atoms with Crippen LogP contribution in [0.5, 0.6) is 5.75 Å². The highest BCUT2D eigenvalue weighted by Gasteiger charge is 2.30. The van der Waals surface area contributed by atoms with Crippen molar-refractivity contribution in [1.29, 1.82) is 0 Å². The zero-order valence-electron chi connectivity index (χ0n) is 17.7. The number of aryl methyl sites for hydroxylation is 1. The minimum Gasteiger partial charge on any atom is -0.422 e. The summed E-state index contributed by atoms with van der Waals surface area (Å²) in [5, 5.41) is 5.85. The average molecular weight is 469 g/mol. The lowest BCUT2D eigenvalue weighted by Gasteiger charge is -2.08. The van der Waals surface area contributed by atoms with E-state index in [0.29, 0.717) is 11.1 Å². The number of carbonyl (C=O) groups excluding carboxylic acids is 3. The second-order valence-corrected chi connectivity index (χ2v) is 7.03. The molecule has 7 nitrogen and oxygen atoms in total. The van der Waals surface area contributed by atoms with Crippen LogP contribution in [0.4, 0.5) is 18.9 Å². The maximum absolute atomic E-state index is 12.6. The van der Waals surface area contributed by atoms with Crippen LogP contribution in [0.1, 0.15) is 27.0 Å². The molecule has 3 aromatic rings. The molecule has 0 fully saturated rings. The molecule has 0 spiro atoms. The molecule has 0 aliphatic carbocycles. The van der Waals surface area contributed by atoms with Gasteiger partial charge in [-0.15, -0.1) is 0 Å². The number of anilines is 1. The van der Waals surface area contributed by atoms with Gasteiger partial charge in [0.15, 0.2) is 0 Å². The summed E-state index contributed by atoms with van der Waals surface area (Å²) >= 11 is 0. The van der Waals surface area contributed by atoms with Gasteiger partial charge in [0, 0.05) is 11.3 Å². The van der Waals surface area contributed by atoms with E-state index in [1.54, 1.807) is 36.4 Å². The van der Waals surface area contributed by atoms with E-state index in [2.05, 4.69) is 10.4 Å². The molecule has 0 atom stereocenters. The van der Waals surface area contributed by atoms with Gasteiger partial charge in [0.2, 0.25) is 0 Å². The molecule has 3 rings (SSSR count). The van der Waals surface area contributed by atoms with E-state index in [1.165, 1.54) is 12.3 Å². The smallest absolute Gasteiger partial charge is 0.416 e. The minimum atomic E-state index is -4.51. The molecule has 0 aliphatic rings. The summed E-state index contributed by atoms with van der Waals surface area (Å²) in [4.78, 5) is 36.3. The second-order valence-electron chi connectivity index (χ2n) is 7.03. The number of para-hydroxylation sites is 1. The molecule has 0 unspecified atom stereocenters. The van der Waals surface area contributed by atoms with E-state index >= 15 is 0 Å². The van der Waals surface area contributed by atoms with Crippen LogP contribution in [0.3, 0.4) is 0 Å². The number of hydrogen-bond donors (Lipinski definition) is 2. The van der Waals surface area contributed by atoms with Crippen LogP contribution in [0.2, 0.25) is 0 Å². The fourth-order valence-electron chi connectivity index (χ4n) is 2.75. The van der Waals surface area contributed by atoms with E-state index < -0.39 is 29.5 Å². The molecule has 2 amide bonds. The number of amides is 2. The normalized spacial score (nSPS) is 11.2. The number of esters is 1. The lowest BCUT2D eigenvalue weighted by molar-refractivity contribution is -0.137. The SMILES string of the molecule is Cc1cccc(C(=O)Oc2ccccc2/C=N/NC(=O)C(=O)Nc2ccc(C(F)(F)F)cc2)c1. The van der Waals surface area contributed by atoms with Crippen LogP contribution in [0.15, 0.2) is 77.9 Å². The summed E-state index contributed by atoms with van der Waals surface area (Å²) in [6.07, 6.45) is -3.33. The van der Waals surface area contributed by atoms with Gasteiger partial charge in [0.25, 0.3) is 0 Å². The number of hydrazone groups is 1. The lowest BCUT2D eigenvalue weighted by Crippen LogP contribution is -2.32. The maximum Gasteiger partial charge on any atom is 0.416 e. The predicted octanol–water partition coefficient (Wildman–Crippen LogP) is 4.32. The van der Waals surface area contributed by atoms with Gasteiger partial charge in [-0.05, 0) is 55.5 Å². The first-order valence-corrected chi connectivity index (χ1v) is 9.83. The first kappa shape index (κ1) is 24.2. The number of rotatable bonds is 5. The van der Waals surface area contributed by atoms with Gasteiger partial charge in [-0.3, -0.25) is 9.59 Å². The molecule has 0 saturated carbocycles. The van der Waals surface area contributed by atoms with Crippen molar-refractivity contribution in [3.8, 4) is 5.75 Å². The van der Waals surface area contributed by atoms with Crippen molar-refractivity contribution in [2.75, 3.05) is 5.32 Å². The Morgan fingerprint density at radius 2 is 1.62 bits per heavy atom. The Labute approximate surface area is 192 Å². The van der Waals surface area contributed by atoms with Crippen LogP contribution in [0, 0.1) is 6.92 Å². The zero-order valence-corrected chi connectivity index (χ0v) is 17.7. The van der Waals surface area contributed by atoms with E-state index in [1.807, 2.05) is 18.4 Å². The summed E-state index contributed by atoms with van der Waals surface area (Å²) in [5.74, 6) is -2.67. The van der Waals surface area contributed by atoms with Crippen LogP contribution >= 0.6 is 0 Å². The van der Waals surface area contributed by atoms with Crippen molar-refractivity contribution < 1.29 is 32.3 Å². The summed E-state index contributed by atoms with van der Waals surface area (Å²) in [6, 6.07) is 16.9. The van der Waals surface area contributed by atoms with Gasteiger partial charge in [-0.2, -0.15) is 18.3 Å². The molecule has 0 aromatic heterocycles. The second kappa shape index (κ2) is 10.4. The number of ether oxygens (including phenoxy) is 1. The van der Waals surface area contributed by atoms with E-state index in [-0.39, 0.29) is 11.4 Å². The van der Waals surface area contributed by atoms with Gasteiger partial charge in [-0.1, -0.05) is 29.8 Å². The number of nitrogens with one attached hydrogen (secondary N) is 2. The minimum absolute atomic E-state index is 0.00513. The molecule has 0 saturated heterocycles. The van der Waals surface area contributed by atoms with Crippen LogP contribution < -0.4 is 15.5 Å². The number of hydrogen-bond acceptors (Lipinski definition) is 5. The standard InChI is InChI=1S/C24H18F3N3O4/c1-15-5-4-7-16(13-15)23(33)34-20-8-3-2-6-17(20)14-28-30-22(32)21(31)29-19-11-9-18(10-12-19)24(25,26)27/h2-14H,1H3,(H,29,31)(H,30,32)/b28-14+. The third kappa shape index (κ3) is 6.52. The molecule has 0 radical (unpaired) electrons. The Kier molecular flexibility index (Phi) is 7.42. The summed E-state index contributed by atoms with van der Waals surface area (Å²) in [5.41, 5.74) is 2.73. The molecule has 10 heteroatoms. The number of benzene rings is 3. The monoisotopic (exact) mass is 469 g/mol. The Balaban J connectivity index is 1.60.